The Morgan fingerprint density at radius 2 is 1.50 bits per heavy atom. The van der Waals surface area contributed by atoms with Crippen LogP contribution in [-0.2, 0) is 9.31 Å². The molecule has 1 atom stereocenters. The Bertz CT molecular complexity index is 1100. The second kappa shape index (κ2) is 8.76. The van der Waals surface area contributed by atoms with Crippen LogP contribution >= 0.6 is 0 Å². The van der Waals surface area contributed by atoms with Gasteiger partial charge in [0.2, 0.25) is 0 Å². The average molecular weight is 427 g/mol. The molecule has 0 radical (unpaired) electrons. The summed E-state index contributed by atoms with van der Waals surface area (Å²) < 4.78 is 14.8. The highest BCUT2D eigenvalue weighted by atomic mass is 16.7. The fraction of sp³-hybridized carbons (Fsp3) is 0.357. The van der Waals surface area contributed by atoms with Crippen LogP contribution in [0, 0.1) is 0 Å². The lowest BCUT2D eigenvalue weighted by Crippen LogP contribution is -2.41. The number of para-hydroxylation sites is 2. The van der Waals surface area contributed by atoms with Gasteiger partial charge in [0.15, 0.2) is 0 Å². The van der Waals surface area contributed by atoms with E-state index in [1.165, 1.54) is 21.8 Å². The van der Waals surface area contributed by atoms with E-state index < -0.39 is 0 Å². The lowest BCUT2D eigenvalue weighted by atomic mass is 9.67. The maximum Gasteiger partial charge on any atom is 0.461 e. The van der Waals surface area contributed by atoms with Crippen LogP contribution in [-0.4, -0.2) is 22.9 Å². The lowest BCUT2D eigenvalue weighted by Gasteiger charge is -2.32. The molecule has 0 spiro atoms. The Hall–Kier alpha value is -2.56. The molecular weight excluding hydrogens is 393 g/mol. The fourth-order valence-electron chi connectivity index (χ4n) is 4.50. The zero-order valence-corrected chi connectivity index (χ0v) is 19.8. The second-order valence-corrected chi connectivity index (χ2v) is 9.75. The van der Waals surface area contributed by atoms with Crippen molar-refractivity contribution in [3.63, 3.8) is 0 Å². The number of hydrogen-bond acceptors (Lipinski definition) is 2. The lowest BCUT2D eigenvalue weighted by molar-refractivity contribution is 0.00578. The van der Waals surface area contributed by atoms with Gasteiger partial charge in [0.1, 0.15) is 0 Å². The Labute approximate surface area is 192 Å². The Morgan fingerprint density at radius 1 is 0.969 bits per heavy atom. The molecule has 2 aromatic carbocycles. The van der Waals surface area contributed by atoms with Crippen LogP contribution in [0.1, 0.15) is 47.0 Å². The van der Waals surface area contributed by atoms with Gasteiger partial charge in [-0.1, -0.05) is 55.1 Å². The molecule has 1 aliphatic heterocycles. The van der Waals surface area contributed by atoms with Crippen molar-refractivity contribution in [1.29, 1.82) is 0 Å². The van der Waals surface area contributed by atoms with Crippen molar-refractivity contribution in [2.45, 2.75) is 64.0 Å². The largest absolute Gasteiger partial charge is 0.461 e. The van der Waals surface area contributed by atoms with Crippen molar-refractivity contribution < 1.29 is 9.31 Å². The minimum atomic E-state index is -0.308. The Kier molecular flexibility index (Phi) is 6.20. The van der Waals surface area contributed by atoms with Crippen LogP contribution in [0.25, 0.3) is 27.5 Å². The quantitative estimate of drug-likeness (QED) is 0.209. The van der Waals surface area contributed by atoms with Crippen molar-refractivity contribution in [3.05, 3.63) is 79.9 Å². The topological polar surface area (TPSA) is 23.4 Å². The van der Waals surface area contributed by atoms with Crippen LogP contribution in [0.4, 0.5) is 0 Å². The van der Waals surface area contributed by atoms with E-state index in [1.54, 1.807) is 0 Å². The van der Waals surface area contributed by atoms with Gasteiger partial charge in [-0.15, -0.1) is 6.58 Å². The molecule has 32 heavy (non-hydrogen) atoms. The Morgan fingerprint density at radius 3 is 2.03 bits per heavy atom. The van der Waals surface area contributed by atoms with Gasteiger partial charge < -0.3 is 13.9 Å². The molecule has 0 bridgehead atoms. The van der Waals surface area contributed by atoms with Crippen LogP contribution in [0.3, 0.4) is 0 Å². The number of fused-ring (bicyclic) bond motifs is 3. The molecule has 3 nitrogen and oxygen atoms in total. The number of allylic oxidation sites excluding steroid dienone is 4. The van der Waals surface area contributed by atoms with E-state index in [-0.39, 0.29) is 24.1 Å². The predicted octanol–water partition coefficient (Wildman–Crippen LogP) is 7.64. The first-order chi connectivity index (χ1) is 15.2. The minimum Gasteiger partial charge on any atom is -0.403 e. The number of benzene rings is 2. The molecule has 4 rings (SSSR count). The average Bonchev–Trinajstić information content (AvgIpc) is 3.20. The summed E-state index contributed by atoms with van der Waals surface area (Å²) >= 11 is 0. The summed E-state index contributed by atoms with van der Waals surface area (Å²) in [5, 5.41) is 2.51. The third-order valence-corrected chi connectivity index (χ3v) is 7.01. The van der Waals surface area contributed by atoms with Crippen molar-refractivity contribution >= 4 is 34.6 Å². The molecule has 1 saturated heterocycles. The van der Waals surface area contributed by atoms with E-state index in [0.717, 1.165) is 25.0 Å². The molecule has 1 aliphatic rings. The van der Waals surface area contributed by atoms with E-state index in [4.69, 9.17) is 9.31 Å². The zero-order valence-electron chi connectivity index (χ0n) is 19.8. The summed E-state index contributed by atoms with van der Waals surface area (Å²) in [4.78, 5) is 0. The second-order valence-electron chi connectivity index (χ2n) is 9.75. The van der Waals surface area contributed by atoms with E-state index >= 15 is 0 Å². The van der Waals surface area contributed by atoms with Crippen LogP contribution in [0.5, 0.6) is 0 Å². The van der Waals surface area contributed by atoms with Crippen LogP contribution in [0.2, 0.25) is 5.82 Å². The number of nitrogens with zero attached hydrogens (tertiary/aromatic N) is 1. The van der Waals surface area contributed by atoms with E-state index in [9.17, 15) is 0 Å². The maximum atomic E-state index is 6.30. The molecule has 2 heterocycles. The van der Waals surface area contributed by atoms with Crippen LogP contribution < -0.4 is 0 Å². The molecule has 1 unspecified atom stereocenters. The first-order valence-corrected chi connectivity index (χ1v) is 11.6. The number of aromatic nitrogens is 1. The summed E-state index contributed by atoms with van der Waals surface area (Å²) in [6.45, 7) is 16.7. The molecule has 1 fully saturated rings. The summed E-state index contributed by atoms with van der Waals surface area (Å²) in [7, 11) is -0.202. The van der Waals surface area contributed by atoms with Crippen molar-refractivity contribution in [3.8, 4) is 0 Å². The van der Waals surface area contributed by atoms with Gasteiger partial charge >= 0.3 is 7.12 Å². The maximum absolute atomic E-state index is 6.30. The highest BCUT2D eigenvalue weighted by molar-refractivity contribution is 6.47. The van der Waals surface area contributed by atoms with Gasteiger partial charge in [0.05, 0.1) is 22.2 Å². The van der Waals surface area contributed by atoms with E-state index in [0.29, 0.717) is 0 Å². The molecule has 166 valence electrons. The summed E-state index contributed by atoms with van der Waals surface area (Å²) in [6.07, 6.45) is 9.09. The molecule has 0 saturated carbocycles. The number of hydrogen-bond donors (Lipinski definition) is 0. The van der Waals surface area contributed by atoms with Gasteiger partial charge in [-0.2, -0.15) is 0 Å². The summed E-state index contributed by atoms with van der Waals surface area (Å²) in [5.74, 6) is 0.278. The predicted molar refractivity (Wildman–Crippen MR) is 138 cm³/mol. The zero-order chi connectivity index (χ0) is 22.9. The standard InChI is InChI=1S/C28H34BNO2/c1-7-14-22(29-31-27(3,4)28(5,6)32-29)16-9-8-15-21(2)30-25-19-12-10-17-23(25)24-18-11-13-20-26(24)30/h7-8,10-13,15,17-20,22H,1-2,9,14,16H2,3-6H3/b15-8-. The van der Waals surface area contributed by atoms with Gasteiger partial charge in [-0.3, -0.25) is 0 Å². The molecule has 1 aromatic heterocycles. The molecular formula is C28H34BNO2. The third-order valence-electron chi connectivity index (χ3n) is 7.01. The highest BCUT2D eigenvalue weighted by Gasteiger charge is 2.53. The SMILES string of the molecule is C=CCC(CC/C=C\C(=C)n1c2ccccc2c2ccccc21)B1OC(C)(C)C(C)(C)O1. The third kappa shape index (κ3) is 4.10. The fourth-order valence-corrected chi connectivity index (χ4v) is 4.50. The summed E-state index contributed by atoms with van der Waals surface area (Å²) in [6, 6.07) is 17.0. The summed E-state index contributed by atoms with van der Waals surface area (Å²) in [5.41, 5.74) is 2.73. The molecule has 4 heteroatoms. The Balaban J connectivity index is 1.48. The van der Waals surface area contributed by atoms with Gasteiger partial charge in [-0.25, -0.2) is 0 Å². The minimum absolute atomic E-state index is 0.202. The van der Waals surface area contributed by atoms with Gasteiger partial charge in [0.25, 0.3) is 0 Å². The van der Waals surface area contributed by atoms with Crippen molar-refractivity contribution in [2.24, 2.45) is 0 Å². The van der Waals surface area contributed by atoms with Crippen LogP contribution in [0.15, 0.2) is 79.9 Å². The normalized spacial score (nSPS) is 18.6. The monoisotopic (exact) mass is 427 g/mol. The first-order valence-electron chi connectivity index (χ1n) is 11.6. The molecule has 3 aromatic rings. The molecule has 0 amide bonds. The van der Waals surface area contributed by atoms with Gasteiger partial charge in [-0.05, 0) is 71.0 Å². The van der Waals surface area contributed by atoms with E-state index in [1.807, 2.05) is 6.08 Å². The number of rotatable bonds is 8. The van der Waals surface area contributed by atoms with E-state index in [2.05, 4.69) is 106 Å². The molecule has 0 N–H and O–H groups in total. The molecule has 0 aliphatic carbocycles. The van der Waals surface area contributed by atoms with Crippen molar-refractivity contribution in [1.82, 2.24) is 4.57 Å². The first kappa shape index (κ1) is 22.6. The highest BCUT2D eigenvalue weighted by Crippen LogP contribution is 2.42. The van der Waals surface area contributed by atoms with Crippen molar-refractivity contribution in [2.75, 3.05) is 0 Å². The smallest absolute Gasteiger partial charge is 0.403 e. The van der Waals surface area contributed by atoms with Gasteiger partial charge in [0, 0.05) is 16.5 Å².